The number of benzene rings is 5. The molecule has 0 atom stereocenters. The van der Waals surface area contributed by atoms with E-state index in [2.05, 4.69) is 114 Å². The number of hydrogen-bond donors (Lipinski definition) is 0. The van der Waals surface area contributed by atoms with Gasteiger partial charge >= 0.3 is 0 Å². The smallest absolute Gasteiger partial charge is 0.100 e. The van der Waals surface area contributed by atoms with Gasteiger partial charge in [0.2, 0.25) is 0 Å². The highest BCUT2D eigenvalue weighted by atomic mass is 14.3. The van der Waals surface area contributed by atoms with Gasteiger partial charge in [-0.3, -0.25) is 0 Å². The number of nitrogens with zero attached hydrogens (tertiary/aromatic N) is 2. The molecule has 38 heavy (non-hydrogen) atoms. The van der Waals surface area contributed by atoms with E-state index in [9.17, 15) is 10.5 Å². The number of nitriles is 2. The normalized spacial score (nSPS) is 11.9. The van der Waals surface area contributed by atoms with Crippen LogP contribution in [0.5, 0.6) is 0 Å². The lowest BCUT2D eigenvalue weighted by molar-refractivity contribution is 0.589. The molecule has 0 fully saturated rings. The van der Waals surface area contributed by atoms with Gasteiger partial charge in [0.1, 0.15) is 6.07 Å². The average Bonchev–Trinajstić information content (AvgIpc) is 2.89. The average molecular weight is 493 g/mol. The van der Waals surface area contributed by atoms with Crippen LogP contribution < -0.4 is 0 Å². The number of rotatable bonds is 2. The first kappa shape index (κ1) is 25.3. The molecule has 186 valence electrons. The van der Waals surface area contributed by atoms with Gasteiger partial charge in [0.15, 0.2) is 0 Å². The summed E-state index contributed by atoms with van der Waals surface area (Å²) in [7, 11) is 0. The molecule has 5 rings (SSSR count). The van der Waals surface area contributed by atoms with Crippen molar-refractivity contribution in [1.29, 1.82) is 10.5 Å². The summed E-state index contributed by atoms with van der Waals surface area (Å²) in [5.41, 5.74) is 7.65. The molecule has 0 bridgehead atoms. The van der Waals surface area contributed by atoms with Crippen LogP contribution in [0.3, 0.4) is 0 Å². The summed E-state index contributed by atoms with van der Waals surface area (Å²) in [5.74, 6) is 0. The van der Waals surface area contributed by atoms with Gasteiger partial charge < -0.3 is 0 Å². The molecule has 0 heterocycles. The van der Waals surface area contributed by atoms with Gasteiger partial charge in [0.25, 0.3) is 0 Å². The maximum absolute atomic E-state index is 10.2. The molecule has 0 saturated heterocycles. The van der Waals surface area contributed by atoms with Crippen molar-refractivity contribution in [3.05, 3.63) is 107 Å². The first-order valence-electron chi connectivity index (χ1n) is 13.1. The second-order valence-corrected chi connectivity index (χ2v) is 12.1. The molecule has 0 spiro atoms. The van der Waals surface area contributed by atoms with Crippen LogP contribution in [0.15, 0.2) is 84.9 Å². The van der Waals surface area contributed by atoms with Crippen LogP contribution in [0.4, 0.5) is 0 Å². The second kappa shape index (κ2) is 9.16. The Morgan fingerprint density at radius 1 is 0.526 bits per heavy atom. The van der Waals surface area contributed by atoms with Crippen molar-refractivity contribution in [2.24, 2.45) is 0 Å². The van der Waals surface area contributed by atoms with Crippen molar-refractivity contribution < 1.29 is 0 Å². The lowest BCUT2D eigenvalue weighted by Gasteiger charge is -2.26. The van der Waals surface area contributed by atoms with E-state index in [1.54, 1.807) is 0 Å². The van der Waals surface area contributed by atoms with Crippen molar-refractivity contribution in [3.8, 4) is 34.4 Å². The van der Waals surface area contributed by atoms with E-state index in [0.29, 0.717) is 11.1 Å². The topological polar surface area (TPSA) is 47.6 Å². The first-order valence-corrected chi connectivity index (χ1v) is 13.1. The molecule has 0 unspecified atom stereocenters. The van der Waals surface area contributed by atoms with Crippen molar-refractivity contribution in [2.75, 3.05) is 0 Å². The van der Waals surface area contributed by atoms with Crippen molar-refractivity contribution in [1.82, 2.24) is 0 Å². The van der Waals surface area contributed by atoms with Crippen molar-refractivity contribution in [3.63, 3.8) is 0 Å². The molecule has 0 N–H and O–H groups in total. The quantitative estimate of drug-likeness (QED) is 0.230. The van der Waals surface area contributed by atoms with Crippen LogP contribution in [-0.4, -0.2) is 0 Å². The molecule has 0 aliphatic carbocycles. The van der Waals surface area contributed by atoms with E-state index in [1.807, 2.05) is 24.3 Å². The molecule has 2 nitrogen and oxygen atoms in total. The monoisotopic (exact) mass is 492 g/mol. The van der Waals surface area contributed by atoms with E-state index in [4.69, 9.17) is 0 Å². The molecule has 5 aromatic carbocycles. The predicted octanol–water partition coefficient (Wildman–Crippen LogP) is 9.67. The highest BCUT2D eigenvalue weighted by molar-refractivity contribution is 6.09. The summed E-state index contributed by atoms with van der Waals surface area (Å²) < 4.78 is 0. The fourth-order valence-electron chi connectivity index (χ4n) is 5.68. The molecule has 0 aliphatic rings. The molecule has 2 heteroatoms. The zero-order valence-corrected chi connectivity index (χ0v) is 23.0. The van der Waals surface area contributed by atoms with Crippen LogP contribution in [0.25, 0.3) is 43.8 Å². The Hall–Kier alpha value is -4.40. The zero-order valence-electron chi connectivity index (χ0n) is 23.0. The van der Waals surface area contributed by atoms with E-state index in [0.717, 1.165) is 49.4 Å². The Morgan fingerprint density at radius 3 is 1.74 bits per heavy atom. The predicted molar refractivity (Wildman–Crippen MR) is 159 cm³/mol. The lowest BCUT2D eigenvalue weighted by atomic mass is 9.77. The van der Waals surface area contributed by atoms with Crippen LogP contribution in [-0.2, 0) is 10.8 Å². The summed E-state index contributed by atoms with van der Waals surface area (Å²) in [4.78, 5) is 0. The van der Waals surface area contributed by atoms with Gasteiger partial charge in [-0.1, -0.05) is 108 Å². The highest BCUT2D eigenvalue weighted by Crippen LogP contribution is 2.43. The SMILES string of the molecule is CC(C)(C)c1cc(-c2ccccc2)c(-c2ccc3c(C#N)c4ccccc4c(C(C)(C)C)c3c2)cc1C#N. The highest BCUT2D eigenvalue weighted by Gasteiger charge is 2.25. The minimum atomic E-state index is -0.170. The maximum atomic E-state index is 10.2. The van der Waals surface area contributed by atoms with Crippen molar-refractivity contribution in [2.45, 2.75) is 52.4 Å². The van der Waals surface area contributed by atoms with E-state index < -0.39 is 0 Å². The minimum absolute atomic E-state index is 0.138. The zero-order chi connectivity index (χ0) is 27.2. The molecular formula is C36H32N2. The fraction of sp³-hybridized carbons (Fsp3) is 0.222. The first-order chi connectivity index (χ1) is 18.0. The molecule has 0 aliphatic heterocycles. The second-order valence-electron chi connectivity index (χ2n) is 12.1. The summed E-state index contributed by atoms with van der Waals surface area (Å²) >= 11 is 0. The summed E-state index contributed by atoms with van der Waals surface area (Å²) in [6, 6.07) is 34.2. The molecule has 0 saturated carbocycles. The van der Waals surface area contributed by atoms with Crippen molar-refractivity contribution >= 4 is 21.5 Å². The lowest BCUT2D eigenvalue weighted by Crippen LogP contribution is -2.14. The van der Waals surface area contributed by atoms with Gasteiger partial charge in [-0.25, -0.2) is 0 Å². The van der Waals surface area contributed by atoms with Gasteiger partial charge in [-0.2, -0.15) is 10.5 Å². The summed E-state index contributed by atoms with van der Waals surface area (Å²) in [6.07, 6.45) is 0. The molecule has 0 amide bonds. The molecule has 0 aromatic heterocycles. The van der Waals surface area contributed by atoms with Gasteiger partial charge in [-0.15, -0.1) is 0 Å². The Bertz CT molecular complexity index is 1780. The number of hydrogen-bond acceptors (Lipinski definition) is 2. The Kier molecular flexibility index (Phi) is 6.09. The summed E-state index contributed by atoms with van der Waals surface area (Å²) in [5, 5.41) is 24.5. The van der Waals surface area contributed by atoms with E-state index in [-0.39, 0.29) is 10.8 Å². The maximum Gasteiger partial charge on any atom is 0.100 e. The van der Waals surface area contributed by atoms with Gasteiger partial charge in [-0.05, 0) is 73.2 Å². The van der Waals surface area contributed by atoms with Crippen LogP contribution >= 0.6 is 0 Å². The van der Waals surface area contributed by atoms with Crippen LogP contribution in [0.1, 0.15) is 63.8 Å². The van der Waals surface area contributed by atoms with Gasteiger partial charge in [0.05, 0.1) is 17.2 Å². The van der Waals surface area contributed by atoms with Crippen LogP contribution in [0, 0.1) is 22.7 Å². The van der Waals surface area contributed by atoms with E-state index >= 15 is 0 Å². The third-order valence-electron chi connectivity index (χ3n) is 7.37. The third kappa shape index (κ3) is 4.23. The van der Waals surface area contributed by atoms with Crippen LogP contribution in [0.2, 0.25) is 0 Å². The molecule has 0 radical (unpaired) electrons. The largest absolute Gasteiger partial charge is 0.192 e. The molecular weight excluding hydrogens is 460 g/mol. The fourth-order valence-corrected chi connectivity index (χ4v) is 5.68. The Labute approximate surface area is 225 Å². The standard InChI is InChI=1S/C36H32N2/c1-35(2,3)33-20-30(23-12-8-7-9-13-23)29(19-25(33)21-37)24-16-17-27-31(18-24)34(36(4,5)6)28-15-11-10-14-26(28)32(27)22-38/h7-20H,1-6H3. The third-order valence-corrected chi connectivity index (χ3v) is 7.37. The van der Waals surface area contributed by atoms with E-state index in [1.165, 1.54) is 5.56 Å². The number of fused-ring (bicyclic) bond motifs is 2. The molecule has 5 aromatic rings. The Morgan fingerprint density at radius 2 is 1.13 bits per heavy atom. The minimum Gasteiger partial charge on any atom is -0.192 e. The Balaban J connectivity index is 1.92. The van der Waals surface area contributed by atoms with Gasteiger partial charge in [0, 0.05) is 10.8 Å². The summed E-state index contributed by atoms with van der Waals surface area (Å²) in [6.45, 7) is 13.1.